The Labute approximate surface area is 182 Å². The Kier molecular flexibility index (Phi) is 10.1. The van der Waals surface area contributed by atoms with Gasteiger partial charge in [-0.05, 0) is 39.5 Å². The third-order valence-corrected chi connectivity index (χ3v) is 6.06. The van der Waals surface area contributed by atoms with Crippen LogP contribution in [0.15, 0.2) is 4.99 Å². The molecule has 1 aliphatic carbocycles. The minimum atomic E-state index is 0. The van der Waals surface area contributed by atoms with Gasteiger partial charge in [-0.25, -0.2) is 0 Å². The van der Waals surface area contributed by atoms with Crippen LogP contribution in [0.2, 0.25) is 0 Å². The molecule has 6 nitrogen and oxygen atoms in total. The quantitative estimate of drug-likeness (QED) is 0.258. The third kappa shape index (κ3) is 7.33. The highest BCUT2D eigenvalue weighted by molar-refractivity contribution is 14.0. The molecule has 2 N–H and O–H groups in total. The van der Waals surface area contributed by atoms with Gasteiger partial charge in [0.1, 0.15) is 0 Å². The lowest BCUT2D eigenvalue weighted by Gasteiger charge is -2.35. The van der Waals surface area contributed by atoms with Crippen molar-refractivity contribution in [1.82, 2.24) is 20.4 Å². The minimum Gasteiger partial charge on any atom is -0.373 e. The van der Waals surface area contributed by atoms with Crippen LogP contribution >= 0.6 is 24.0 Å². The number of aliphatic imine (C=N–C) groups is 1. The highest BCUT2D eigenvalue weighted by atomic mass is 127. The SMILES string of the molecule is CN=C(NCCCN1CC(C)OC(C)C1)NC1CCN(C2CCCC2)C1.I. The number of nitrogens with one attached hydrogen (secondary N) is 2. The highest BCUT2D eigenvalue weighted by Crippen LogP contribution is 2.26. The summed E-state index contributed by atoms with van der Waals surface area (Å²) >= 11 is 0. The first-order chi connectivity index (χ1) is 12.6. The van der Waals surface area contributed by atoms with Crippen LogP contribution in [-0.4, -0.2) is 86.4 Å². The normalized spacial score (nSPS) is 31.1. The maximum absolute atomic E-state index is 5.81. The molecule has 0 bridgehead atoms. The molecule has 3 atom stereocenters. The summed E-state index contributed by atoms with van der Waals surface area (Å²) in [6.45, 7) is 11.0. The van der Waals surface area contributed by atoms with Gasteiger partial charge in [0.2, 0.25) is 0 Å². The van der Waals surface area contributed by atoms with Crippen molar-refractivity contribution in [3.8, 4) is 0 Å². The number of hydrogen-bond acceptors (Lipinski definition) is 4. The van der Waals surface area contributed by atoms with Gasteiger partial charge in [-0.15, -0.1) is 24.0 Å². The van der Waals surface area contributed by atoms with E-state index in [9.17, 15) is 0 Å². The van der Waals surface area contributed by atoms with E-state index < -0.39 is 0 Å². The van der Waals surface area contributed by atoms with Crippen LogP contribution in [0.3, 0.4) is 0 Å². The summed E-state index contributed by atoms with van der Waals surface area (Å²) in [6.07, 6.45) is 8.72. The van der Waals surface area contributed by atoms with Crippen molar-refractivity contribution in [3.05, 3.63) is 0 Å². The van der Waals surface area contributed by atoms with Gasteiger partial charge in [-0.3, -0.25) is 14.8 Å². The van der Waals surface area contributed by atoms with Crippen LogP contribution in [-0.2, 0) is 4.74 Å². The Bertz CT molecular complexity index is 448. The molecule has 2 aliphatic heterocycles. The summed E-state index contributed by atoms with van der Waals surface area (Å²) in [4.78, 5) is 9.64. The number of halogens is 1. The average molecular weight is 493 g/mol. The third-order valence-electron chi connectivity index (χ3n) is 6.06. The lowest BCUT2D eigenvalue weighted by Crippen LogP contribution is -2.47. The molecule has 1 saturated carbocycles. The predicted octanol–water partition coefficient (Wildman–Crippen LogP) is 2.29. The fourth-order valence-corrected chi connectivity index (χ4v) is 4.87. The fourth-order valence-electron chi connectivity index (χ4n) is 4.87. The van der Waals surface area contributed by atoms with E-state index in [2.05, 4.69) is 39.3 Å². The van der Waals surface area contributed by atoms with Crippen LogP contribution in [0.25, 0.3) is 0 Å². The molecule has 2 heterocycles. The van der Waals surface area contributed by atoms with Crippen molar-refractivity contribution in [1.29, 1.82) is 0 Å². The van der Waals surface area contributed by atoms with Gasteiger partial charge in [0.15, 0.2) is 5.96 Å². The molecule has 2 saturated heterocycles. The van der Waals surface area contributed by atoms with Crippen molar-refractivity contribution >= 4 is 29.9 Å². The van der Waals surface area contributed by atoms with E-state index >= 15 is 0 Å². The van der Waals surface area contributed by atoms with E-state index in [4.69, 9.17) is 4.74 Å². The van der Waals surface area contributed by atoms with Crippen molar-refractivity contribution in [2.24, 2.45) is 4.99 Å². The Balaban J connectivity index is 0.00000261. The highest BCUT2D eigenvalue weighted by Gasteiger charge is 2.30. The molecule has 0 aromatic heterocycles. The van der Waals surface area contributed by atoms with Crippen LogP contribution in [0.4, 0.5) is 0 Å². The zero-order valence-electron chi connectivity index (χ0n) is 17.5. The van der Waals surface area contributed by atoms with Crippen molar-refractivity contribution in [2.45, 2.75) is 76.7 Å². The zero-order valence-corrected chi connectivity index (χ0v) is 19.8. The Morgan fingerprint density at radius 3 is 2.44 bits per heavy atom. The smallest absolute Gasteiger partial charge is 0.191 e. The van der Waals surface area contributed by atoms with Gasteiger partial charge in [0.25, 0.3) is 0 Å². The second-order valence-corrected chi connectivity index (χ2v) is 8.43. The summed E-state index contributed by atoms with van der Waals surface area (Å²) < 4.78 is 5.81. The molecule has 3 aliphatic rings. The predicted molar refractivity (Wildman–Crippen MR) is 123 cm³/mol. The first-order valence-corrected chi connectivity index (χ1v) is 10.7. The molecule has 158 valence electrons. The summed E-state index contributed by atoms with van der Waals surface area (Å²) in [5, 5.41) is 7.14. The Morgan fingerprint density at radius 2 is 1.78 bits per heavy atom. The fraction of sp³-hybridized carbons (Fsp3) is 0.950. The number of morpholine rings is 1. The van der Waals surface area contributed by atoms with Gasteiger partial charge in [-0.2, -0.15) is 0 Å². The Morgan fingerprint density at radius 1 is 1.07 bits per heavy atom. The van der Waals surface area contributed by atoms with Gasteiger partial charge in [-0.1, -0.05) is 12.8 Å². The van der Waals surface area contributed by atoms with Gasteiger partial charge in [0, 0.05) is 58.4 Å². The lowest BCUT2D eigenvalue weighted by atomic mass is 10.2. The zero-order chi connectivity index (χ0) is 18.4. The van der Waals surface area contributed by atoms with E-state index in [-0.39, 0.29) is 24.0 Å². The van der Waals surface area contributed by atoms with E-state index in [1.807, 2.05) is 7.05 Å². The first-order valence-electron chi connectivity index (χ1n) is 10.7. The summed E-state index contributed by atoms with van der Waals surface area (Å²) in [5.74, 6) is 0.965. The summed E-state index contributed by atoms with van der Waals surface area (Å²) in [6, 6.07) is 1.39. The van der Waals surface area contributed by atoms with Crippen LogP contribution in [0.1, 0.15) is 52.4 Å². The number of guanidine groups is 1. The Hall–Kier alpha value is -0.120. The molecule has 3 fully saturated rings. The van der Waals surface area contributed by atoms with Crippen LogP contribution < -0.4 is 10.6 Å². The largest absolute Gasteiger partial charge is 0.373 e. The number of likely N-dealkylation sites (tertiary alicyclic amines) is 1. The summed E-state index contributed by atoms with van der Waals surface area (Å²) in [5.41, 5.74) is 0. The monoisotopic (exact) mass is 493 g/mol. The van der Waals surface area contributed by atoms with Gasteiger partial charge in [0.05, 0.1) is 12.2 Å². The molecule has 0 spiro atoms. The van der Waals surface area contributed by atoms with Crippen LogP contribution in [0, 0.1) is 0 Å². The molecule has 27 heavy (non-hydrogen) atoms. The molecule has 7 heteroatoms. The van der Waals surface area contributed by atoms with E-state index in [1.165, 1.54) is 45.2 Å². The molecule has 3 rings (SSSR count). The van der Waals surface area contributed by atoms with Crippen molar-refractivity contribution in [2.75, 3.05) is 46.3 Å². The maximum Gasteiger partial charge on any atom is 0.191 e. The first kappa shape index (κ1) is 23.2. The number of nitrogens with zero attached hydrogens (tertiary/aromatic N) is 3. The second-order valence-electron chi connectivity index (χ2n) is 8.43. The summed E-state index contributed by atoms with van der Waals surface area (Å²) in [7, 11) is 1.88. The number of ether oxygens (including phenoxy) is 1. The standard InChI is InChI=1S/C20H39N5O.HI/c1-16-13-24(14-17(2)26-16)11-6-10-22-20(21-3)23-18-9-12-25(15-18)19-7-4-5-8-19;/h16-19H,4-15H2,1-3H3,(H2,21,22,23);1H. The van der Waals surface area contributed by atoms with E-state index in [1.54, 1.807) is 0 Å². The van der Waals surface area contributed by atoms with Gasteiger partial charge >= 0.3 is 0 Å². The average Bonchev–Trinajstić information content (AvgIpc) is 3.28. The topological polar surface area (TPSA) is 52.1 Å². The molecular weight excluding hydrogens is 453 g/mol. The van der Waals surface area contributed by atoms with Crippen molar-refractivity contribution in [3.63, 3.8) is 0 Å². The second kappa shape index (κ2) is 11.8. The van der Waals surface area contributed by atoms with Crippen molar-refractivity contribution < 1.29 is 4.74 Å². The molecule has 0 aromatic carbocycles. The minimum absolute atomic E-state index is 0. The van der Waals surface area contributed by atoms with Crippen LogP contribution in [0.5, 0.6) is 0 Å². The molecule has 0 amide bonds. The van der Waals surface area contributed by atoms with E-state index in [0.717, 1.165) is 44.6 Å². The molecule has 0 aromatic rings. The number of hydrogen-bond donors (Lipinski definition) is 2. The molecular formula is C20H40IN5O. The maximum atomic E-state index is 5.81. The molecule has 3 unspecified atom stereocenters. The lowest BCUT2D eigenvalue weighted by molar-refractivity contribution is -0.0679. The number of rotatable bonds is 6. The molecule has 0 radical (unpaired) electrons. The van der Waals surface area contributed by atoms with Gasteiger partial charge < -0.3 is 15.4 Å². The van der Waals surface area contributed by atoms with E-state index in [0.29, 0.717) is 18.2 Å².